The van der Waals surface area contributed by atoms with Gasteiger partial charge in [0.25, 0.3) is 5.56 Å². The Morgan fingerprint density at radius 1 is 1.06 bits per heavy atom. The summed E-state index contributed by atoms with van der Waals surface area (Å²) in [7, 11) is 0. The van der Waals surface area contributed by atoms with Crippen LogP contribution in [-0.2, 0) is 12.8 Å². The van der Waals surface area contributed by atoms with Crippen molar-refractivity contribution in [1.82, 2.24) is 14.5 Å². The fraction of sp³-hybridized carbons (Fsp3) is 0.231. The minimum Gasteiger partial charge on any atom is -0.293 e. The number of carbonyl (C=O) groups is 1. The molecule has 5 rings (SSSR count). The summed E-state index contributed by atoms with van der Waals surface area (Å²) in [5.74, 6) is 0.536. The lowest BCUT2D eigenvalue weighted by Crippen LogP contribution is -2.24. The van der Waals surface area contributed by atoms with Crippen LogP contribution in [0.2, 0.25) is 0 Å². The van der Waals surface area contributed by atoms with Crippen LogP contribution in [0.4, 0.5) is 0 Å². The van der Waals surface area contributed by atoms with Crippen LogP contribution >= 0.6 is 11.8 Å². The average molecular weight is 442 g/mol. The number of benzene rings is 2. The number of hydrogen-bond acceptors (Lipinski definition) is 5. The van der Waals surface area contributed by atoms with Crippen molar-refractivity contribution < 1.29 is 4.79 Å². The molecule has 6 heteroatoms. The van der Waals surface area contributed by atoms with Crippen molar-refractivity contribution in [3.05, 3.63) is 93.4 Å². The summed E-state index contributed by atoms with van der Waals surface area (Å²) in [5, 5.41) is 0.586. The first kappa shape index (κ1) is 20.6. The first-order chi connectivity index (χ1) is 15.5. The highest BCUT2D eigenvalue weighted by Gasteiger charge is 2.23. The summed E-state index contributed by atoms with van der Waals surface area (Å²) in [6, 6.07) is 17.0. The maximum Gasteiger partial charge on any atom is 0.267 e. The lowest BCUT2D eigenvalue weighted by molar-refractivity contribution is 0.0993. The normalized spacial score (nSPS) is 13.8. The number of hydrogen-bond donors (Lipinski definition) is 0. The van der Waals surface area contributed by atoms with Crippen LogP contribution in [0, 0.1) is 6.92 Å². The molecule has 0 N–H and O–H groups in total. The second-order valence-electron chi connectivity index (χ2n) is 8.21. The lowest BCUT2D eigenvalue weighted by atomic mass is 10.0. The third kappa shape index (κ3) is 3.75. The van der Waals surface area contributed by atoms with E-state index in [-0.39, 0.29) is 11.3 Å². The van der Waals surface area contributed by atoms with E-state index in [2.05, 4.69) is 11.1 Å². The molecule has 0 radical (unpaired) electrons. The van der Waals surface area contributed by atoms with Crippen molar-refractivity contribution in [3.63, 3.8) is 0 Å². The van der Waals surface area contributed by atoms with Crippen molar-refractivity contribution in [2.24, 2.45) is 0 Å². The molecule has 5 nitrogen and oxygen atoms in total. The Hall–Kier alpha value is -3.25. The molecule has 0 spiro atoms. The van der Waals surface area contributed by atoms with Crippen molar-refractivity contribution in [2.45, 2.75) is 43.5 Å². The molecular formula is C26H23N3O2S. The molecule has 0 amide bonds. The zero-order valence-corrected chi connectivity index (χ0v) is 18.9. The maximum absolute atomic E-state index is 13.4. The van der Waals surface area contributed by atoms with E-state index >= 15 is 0 Å². The van der Waals surface area contributed by atoms with Crippen molar-refractivity contribution in [3.8, 4) is 5.82 Å². The van der Waals surface area contributed by atoms with Gasteiger partial charge in [0.1, 0.15) is 5.82 Å². The van der Waals surface area contributed by atoms with E-state index in [4.69, 9.17) is 4.98 Å². The molecule has 0 saturated heterocycles. The van der Waals surface area contributed by atoms with Crippen molar-refractivity contribution >= 4 is 28.4 Å². The van der Waals surface area contributed by atoms with Gasteiger partial charge in [-0.2, -0.15) is 0 Å². The topological polar surface area (TPSA) is 64.8 Å². The third-order valence-corrected chi connectivity index (χ3v) is 6.96. The first-order valence-corrected chi connectivity index (χ1v) is 11.7. The second kappa shape index (κ2) is 8.36. The van der Waals surface area contributed by atoms with Gasteiger partial charge in [-0.05, 0) is 74.1 Å². The van der Waals surface area contributed by atoms with Gasteiger partial charge in [-0.25, -0.2) is 14.5 Å². The number of carbonyl (C=O) groups excluding carboxylic acids is 1. The number of aromatic nitrogens is 3. The average Bonchev–Trinajstić information content (AvgIpc) is 3.28. The van der Waals surface area contributed by atoms with Gasteiger partial charge in [0.05, 0.1) is 16.2 Å². The standard InChI is InChI=1S/C26H23N3O2S/c1-16-10-13-23(27-15-16)29-25(31)21-8-3-4-9-22(21)28-26(29)32-17(2)24(30)20-12-11-18-6-5-7-19(18)14-20/h3-4,8-15,17H,5-7H2,1-2H3. The minimum absolute atomic E-state index is 0.0375. The number of thioether (sulfide) groups is 1. The molecule has 1 aliphatic rings. The zero-order valence-electron chi connectivity index (χ0n) is 18.0. The predicted molar refractivity (Wildman–Crippen MR) is 128 cm³/mol. The number of rotatable bonds is 5. The van der Waals surface area contributed by atoms with Gasteiger partial charge in [-0.15, -0.1) is 0 Å². The molecule has 32 heavy (non-hydrogen) atoms. The SMILES string of the molecule is Cc1ccc(-n2c(SC(C)C(=O)c3ccc4c(c3)CCC4)nc3ccccc3c2=O)nc1. The maximum atomic E-state index is 13.4. The smallest absolute Gasteiger partial charge is 0.267 e. The van der Waals surface area contributed by atoms with E-state index in [1.807, 2.05) is 56.3 Å². The molecular weight excluding hydrogens is 418 g/mol. The van der Waals surface area contributed by atoms with Crippen LogP contribution in [0.3, 0.4) is 0 Å². The Morgan fingerprint density at radius 3 is 2.69 bits per heavy atom. The predicted octanol–water partition coefficient (Wildman–Crippen LogP) is 4.94. The molecule has 0 bridgehead atoms. The van der Waals surface area contributed by atoms with E-state index in [1.54, 1.807) is 12.3 Å². The van der Waals surface area contributed by atoms with Gasteiger partial charge >= 0.3 is 0 Å². The zero-order chi connectivity index (χ0) is 22.2. The third-order valence-electron chi connectivity index (χ3n) is 5.90. The second-order valence-corrected chi connectivity index (χ2v) is 9.52. The summed E-state index contributed by atoms with van der Waals surface area (Å²) in [6.45, 7) is 3.82. The molecule has 0 saturated carbocycles. The van der Waals surface area contributed by atoms with E-state index in [0.717, 1.165) is 24.8 Å². The number of nitrogens with zero attached hydrogens (tertiary/aromatic N) is 3. The van der Waals surface area contributed by atoms with Crippen LogP contribution < -0.4 is 5.56 Å². The fourth-order valence-corrected chi connectivity index (χ4v) is 5.15. The highest BCUT2D eigenvalue weighted by molar-refractivity contribution is 8.00. The number of Topliss-reactive ketones (excluding diaryl/α,β-unsaturated/α-hetero) is 1. The Labute approximate surface area is 190 Å². The summed E-state index contributed by atoms with van der Waals surface area (Å²) in [6.07, 6.45) is 4.99. The van der Waals surface area contributed by atoms with Gasteiger partial charge in [0.2, 0.25) is 0 Å². The largest absolute Gasteiger partial charge is 0.293 e. The molecule has 160 valence electrons. The summed E-state index contributed by atoms with van der Waals surface area (Å²) >= 11 is 1.30. The van der Waals surface area contributed by atoms with Gasteiger partial charge in [0.15, 0.2) is 10.9 Å². The van der Waals surface area contributed by atoms with Gasteiger partial charge in [0, 0.05) is 11.8 Å². The van der Waals surface area contributed by atoms with Crippen LogP contribution in [0.5, 0.6) is 0 Å². The summed E-state index contributed by atoms with van der Waals surface area (Å²) < 4.78 is 1.51. The van der Waals surface area contributed by atoms with E-state index in [0.29, 0.717) is 27.4 Å². The van der Waals surface area contributed by atoms with E-state index in [9.17, 15) is 9.59 Å². The van der Waals surface area contributed by atoms with Gasteiger partial charge in [-0.1, -0.05) is 42.1 Å². The van der Waals surface area contributed by atoms with Crippen LogP contribution in [-0.4, -0.2) is 25.6 Å². The number of aryl methyl sites for hydroxylation is 3. The monoisotopic (exact) mass is 441 g/mol. The Bertz CT molecular complexity index is 1390. The van der Waals surface area contributed by atoms with Gasteiger partial charge < -0.3 is 0 Å². The minimum atomic E-state index is -0.404. The molecule has 1 unspecified atom stereocenters. The molecule has 0 fully saturated rings. The first-order valence-electron chi connectivity index (χ1n) is 10.8. The van der Waals surface area contributed by atoms with Crippen molar-refractivity contribution in [1.29, 1.82) is 0 Å². The Balaban J connectivity index is 1.55. The van der Waals surface area contributed by atoms with E-state index < -0.39 is 5.25 Å². The summed E-state index contributed by atoms with van der Waals surface area (Å²) in [4.78, 5) is 35.8. The van der Waals surface area contributed by atoms with Crippen LogP contribution in [0.15, 0.2) is 70.7 Å². The molecule has 4 aromatic rings. The number of ketones is 1. The Morgan fingerprint density at radius 2 is 1.88 bits per heavy atom. The van der Waals surface area contributed by atoms with Gasteiger partial charge in [-0.3, -0.25) is 9.59 Å². The lowest BCUT2D eigenvalue weighted by Gasteiger charge is -2.16. The number of pyridine rings is 1. The van der Waals surface area contributed by atoms with Crippen LogP contribution in [0.1, 0.15) is 40.4 Å². The highest BCUT2D eigenvalue weighted by atomic mass is 32.2. The Kier molecular flexibility index (Phi) is 5.39. The molecule has 0 aliphatic heterocycles. The highest BCUT2D eigenvalue weighted by Crippen LogP contribution is 2.29. The molecule has 1 atom stereocenters. The quantitative estimate of drug-likeness (QED) is 0.249. The molecule has 1 aliphatic carbocycles. The number of fused-ring (bicyclic) bond motifs is 2. The summed E-state index contributed by atoms with van der Waals surface area (Å²) in [5.41, 5.74) is 4.76. The number of para-hydroxylation sites is 1. The fourth-order valence-electron chi connectivity index (χ4n) is 4.16. The molecule has 2 heterocycles. The van der Waals surface area contributed by atoms with Crippen LogP contribution in [0.25, 0.3) is 16.7 Å². The molecule has 2 aromatic carbocycles. The van der Waals surface area contributed by atoms with E-state index in [1.165, 1.54) is 27.5 Å². The molecule has 2 aromatic heterocycles. The van der Waals surface area contributed by atoms with Crippen molar-refractivity contribution in [2.75, 3.05) is 0 Å².